The molecule has 60 valence electrons. The summed E-state index contributed by atoms with van der Waals surface area (Å²) in [7, 11) is 0. The van der Waals surface area contributed by atoms with Crippen LogP contribution in [0.5, 0.6) is 0 Å². The fourth-order valence-electron chi connectivity index (χ4n) is 1.64. The molecule has 0 atom stereocenters. The smallest absolute Gasteiger partial charge is 0.303 e. The Labute approximate surface area is 87.9 Å². The number of aliphatic carboxylic acids is 1. The molecule has 1 rings (SSSR count). The monoisotopic (exact) mass is 344 g/mol. The number of hydrogen-bond acceptors (Lipinski definition) is 1. The van der Waals surface area contributed by atoms with Crippen molar-refractivity contribution in [1.82, 2.24) is 0 Å². The van der Waals surface area contributed by atoms with Gasteiger partial charge in [-0.25, -0.2) is 0 Å². The predicted octanol–water partition coefficient (Wildman–Crippen LogP) is 2.04. The SMILES string of the molecule is O=C(O)CC1CCCCC1.[Hg]. The van der Waals surface area contributed by atoms with Crippen LogP contribution in [0, 0.1) is 5.92 Å². The number of carboxylic acids is 1. The third-order valence-electron chi connectivity index (χ3n) is 2.19. The van der Waals surface area contributed by atoms with Gasteiger partial charge >= 0.3 is 5.97 Å². The van der Waals surface area contributed by atoms with Crippen LogP contribution in [-0.4, -0.2) is 11.1 Å². The molecule has 0 bridgehead atoms. The predicted molar refractivity (Wildman–Crippen MR) is 38.8 cm³/mol. The van der Waals surface area contributed by atoms with Crippen LogP contribution in [-0.2, 0) is 32.5 Å². The van der Waals surface area contributed by atoms with E-state index in [0.29, 0.717) is 12.3 Å². The molecule has 0 unspecified atom stereocenters. The van der Waals surface area contributed by atoms with Crippen LogP contribution in [0.4, 0.5) is 0 Å². The van der Waals surface area contributed by atoms with Gasteiger partial charge in [0.05, 0.1) is 0 Å². The number of carboxylic acid groups (broad SMARTS) is 1. The summed E-state index contributed by atoms with van der Waals surface area (Å²) in [5.41, 5.74) is 0. The van der Waals surface area contributed by atoms with E-state index >= 15 is 0 Å². The van der Waals surface area contributed by atoms with Crippen LogP contribution >= 0.6 is 0 Å². The number of rotatable bonds is 2. The zero-order chi connectivity index (χ0) is 7.40. The molecule has 0 spiro atoms. The van der Waals surface area contributed by atoms with Gasteiger partial charge in [-0.15, -0.1) is 0 Å². The van der Waals surface area contributed by atoms with E-state index in [1.165, 1.54) is 19.3 Å². The second-order valence-electron chi connectivity index (χ2n) is 3.10. The maximum atomic E-state index is 10.3. The van der Waals surface area contributed by atoms with Crippen LogP contribution < -0.4 is 0 Å². The van der Waals surface area contributed by atoms with Crippen molar-refractivity contribution in [3.63, 3.8) is 0 Å². The van der Waals surface area contributed by atoms with Crippen molar-refractivity contribution in [3.05, 3.63) is 0 Å². The van der Waals surface area contributed by atoms with Gasteiger partial charge in [-0.2, -0.15) is 0 Å². The van der Waals surface area contributed by atoms with Crippen molar-refractivity contribution < 1.29 is 37.6 Å². The molecule has 3 heteroatoms. The molecule has 0 radical (unpaired) electrons. The Hall–Kier alpha value is 0.405. The molecule has 0 aromatic heterocycles. The summed E-state index contributed by atoms with van der Waals surface area (Å²) in [5.74, 6) is -0.154. The molecule has 2 nitrogen and oxygen atoms in total. The first-order valence-corrected chi connectivity index (χ1v) is 4.01. The standard InChI is InChI=1S/C8H14O2.Hg/c9-8(10)6-7-4-2-1-3-5-7;/h7H,1-6H2,(H,9,10);. The van der Waals surface area contributed by atoms with E-state index in [9.17, 15) is 4.79 Å². The van der Waals surface area contributed by atoms with Crippen molar-refractivity contribution in [1.29, 1.82) is 0 Å². The van der Waals surface area contributed by atoms with Crippen molar-refractivity contribution in [2.45, 2.75) is 38.5 Å². The Bertz CT molecular complexity index is 119. The summed E-state index contributed by atoms with van der Waals surface area (Å²) in [6.07, 6.45) is 6.42. The molecule has 1 saturated carbocycles. The summed E-state index contributed by atoms with van der Waals surface area (Å²) < 4.78 is 0. The minimum Gasteiger partial charge on any atom is -0.481 e. The first kappa shape index (κ1) is 11.4. The van der Waals surface area contributed by atoms with E-state index in [1.807, 2.05) is 0 Å². The van der Waals surface area contributed by atoms with Gasteiger partial charge in [0.25, 0.3) is 0 Å². The van der Waals surface area contributed by atoms with Crippen LogP contribution in [0.25, 0.3) is 0 Å². The van der Waals surface area contributed by atoms with Crippen LogP contribution in [0.3, 0.4) is 0 Å². The minimum atomic E-state index is -0.632. The number of hydrogen-bond donors (Lipinski definition) is 1. The van der Waals surface area contributed by atoms with E-state index in [2.05, 4.69) is 0 Å². The largest absolute Gasteiger partial charge is 0.481 e. The Morgan fingerprint density at radius 2 is 1.82 bits per heavy atom. The van der Waals surface area contributed by atoms with Crippen LogP contribution in [0.2, 0.25) is 0 Å². The topological polar surface area (TPSA) is 37.3 Å². The molecule has 1 fully saturated rings. The van der Waals surface area contributed by atoms with Gasteiger partial charge in [-0.1, -0.05) is 19.3 Å². The zero-order valence-corrected chi connectivity index (χ0v) is 12.4. The molecule has 1 aliphatic rings. The molecule has 0 aromatic carbocycles. The second-order valence-corrected chi connectivity index (χ2v) is 3.10. The summed E-state index contributed by atoms with van der Waals surface area (Å²) >= 11 is 0. The van der Waals surface area contributed by atoms with Gasteiger partial charge in [-0.3, -0.25) is 4.79 Å². The Kier molecular flexibility index (Phi) is 6.20. The average molecular weight is 343 g/mol. The third kappa shape index (κ3) is 4.78. The normalized spacial score (nSPS) is 18.9. The van der Waals surface area contributed by atoms with E-state index in [0.717, 1.165) is 12.8 Å². The minimum absolute atomic E-state index is 0. The molecule has 1 aliphatic carbocycles. The van der Waals surface area contributed by atoms with Gasteiger partial charge in [0.1, 0.15) is 0 Å². The van der Waals surface area contributed by atoms with Crippen molar-refractivity contribution >= 4 is 5.97 Å². The Morgan fingerprint density at radius 1 is 1.27 bits per heavy atom. The van der Waals surface area contributed by atoms with Crippen LogP contribution in [0.1, 0.15) is 38.5 Å². The van der Waals surface area contributed by atoms with Gasteiger partial charge < -0.3 is 5.11 Å². The Balaban J connectivity index is 0.000001000. The molecule has 0 amide bonds. The van der Waals surface area contributed by atoms with E-state index in [1.54, 1.807) is 0 Å². The number of carbonyl (C=O) groups is 1. The van der Waals surface area contributed by atoms with E-state index < -0.39 is 5.97 Å². The molecular weight excluding hydrogens is 329 g/mol. The fourth-order valence-corrected chi connectivity index (χ4v) is 1.64. The molecule has 0 aromatic rings. The maximum Gasteiger partial charge on any atom is 0.303 e. The molecule has 11 heavy (non-hydrogen) atoms. The first-order valence-electron chi connectivity index (χ1n) is 4.01. The summed E-state index contributed by atoms with van der Waals surface area (Å²) in [6, 6.07) is 0. The van der Waals surface area contributed by atoms with Crippen LogP contribution in [0.15, 0.2) is 0 Å². The zero-order valence-electron chi connectivity index (χ0n) is 6.88. The van der Waals surface area contributed by atoms with Gasteiger partial charge in [0, 0.05) is 34.1 Å². The molecule has 0 saturated heterocycles. The second kappa shape index (κ2) is 5.98. The van der Waals surface area contributed by atoms with E-state index in [4.69, 9.17) is 5.11 Å². The molecular formula is C8H14HgO2. The van der Waals surface area contributed by atoms with Crippen molar-refractivity contribution in [3.8, 4) is 0 Å². The summed E-state index contributed by atoms with van der Waals surface area (Å²) in [5, 5.41) is 8.47. The average Bonchev–Trinajstić information content (AvgIpc) is 1.88. The first-order chi connectivity index (χ1) is 4.79. The van der Waals surface area contributed by atoms with E-state index in [-0.39, 0.29) is 27.7 Å². The van der Waals surface area contributed by atoms with Gasteiger partial charge in [-0.05, 0) is 18.8 Å². The molecule has 0 aliphatic heterocycles. The molecule has 1 N–H and O–H groups in total. The third-order valence-corrected chi connectivity index (χ3v) is 2.19. The quantitative estimate of drug-likeness (QED) is 0.780. The van der Waals surface area contributed by atoms with Crippen molar-refractivity contribution in [2.24, 2.45) is 5.92 Å². The van der Waals surface area contributed by atoms with Crippen molar-refractivity contribution in [2.75, 3.05) is 0 Å². The molecule has 0 heterocycles. The Morgan fingerprint density at radius 3 is 2.27 bits per heavy atom. The summed E-state index contributed by atoms with van der Waals surface area (Å²) in [6.45, 7) is 0. The fraction of sp³-hybridized carbons (Fsp3) is 0.875. The maximum absolute atomic E-state index is 10.3. The summed E-state index contributed by atoms with van der Waals surface area (Å²) in [4.78, 5) is 10.3. The van der Waals surface area contributed by atoms with Gasteiger partial charge in [0.2, 0.25) is 0 Å². The van der Waals surface area contributed by atoms with Gasteiger partial charge in [0.15, 0.2) is 0 Å².